The average molecular weight is 196 g/mol. The van der Waals surface area contributed by atoms with E-state index < -0.39 is 0 Å². The predicted octanol–water partition coefficient (Wildman–Crippen LogP) is 0.448. The van der Waals surface area contributed by atoms with E-state index in [-0.39, 0.29) is 0 Å². The smallest absolute Gasteiger partial charge is 0.126 e. The third kappa shape index (κ3) is 1.75. The summed E-state index contributed by atoms with van der Waals surface area (Å²) in [4.78, 5) is 0. The van der Waals surface area contributed by atoms with Crippen LogP contribution in [0.25, 0.3) is 0 Å². The Bertz CT molecular complexity index is 366. The van der Waals surface area contributed by atoms with Crippen molar-refractivity contribution in [3.8, 4) is 0 Å². The van der Waals surface area contributed by atoms with Gasteiger partial charge in [0.2, 0.25) is 0 Å². The predicted molar refractivity (Wildman–Crippen MR) is 50.1 cm³/mol. The Morgan fingerprint density at radius 3 is 1.77 bits per heavy atom. The fraction of sp³-hybridized carbons (Fsp3) is 0. The molecule has 2 aromatic rings. The SMILES string of the molecule is Nc1cc(Sc2cc(N)[nH]n2)n[nH]1. The number of aromatic nitrogens is 4. The lowest BCUT2D eigenvalue weighted by Crippen LogP contribution is -1.81. The van der Waals surface area contributed by atoms with Crippen molar-refractivity contribution in [3.05, 3.63) is 12.1 Å². The van der Waals surface area contributed by atoms with Crippen molar-refractivity contribution >= 4 is 23.4 Å². The number of nitrogens with two attached hydrogens (primary N) is 2. The first-order chi connectivity index (χ1) is 6.24. The van der Waals surface area contributed by atoms with Crippen LogP contribution in [0.4, 0.5) is 11.6 Å². The fourth-order valence-corrected chi connectivity index (χ4v) is 1.61. The third-order valence-corrected chi connectivity index (χ3v) is 2.19. The minimum absolute atomic E-state index is 0.533. The number of hydrogen-bond acceptors (Lipinski definition) is 5. The van der Waals surface area contributed by atoms with Gasteiger partial charge in [-0.3, -0.25) is 10.2 Å². The molecule has 0 fully saturated rings. The summed E-state index contributed by atoms with van der Waals surface area (Å²) in [5.41, 5.74) is 10.9. The summed E-state index contributed by atoms with van der Waals surface area (Å²) in [6.45, 7) is 0. The Morgan fingerprint density at radius 2 is 1.46 bits per heavy atom. The summed E-state index contributed by atoms with van der Waals surface area (Å²) in [6, 6.07) is 3.46. The maximum Gasteiger partial charge on any atom is 0.126 e. The van der Waals surface area contributed by atoms with Gasteiger partial charge in [0.1, 0.15) is 21.7 Å². The van der Waals surface area contributed by atoms with Gasteiger partial charge in [0.05, 0.1) is 0 Å². The number of rotatable bonds is 2. The monoisotopic (exact) mass is 196 g/mol. The molecule has 0 saturated heterocycles. The Hall–Kier alpha value is -1.63. The van der Waals surface area contributed by atoms with Gasteiger partial charge < -0.3 is 11.5 Å². The second-order valence-electron chi connectivity index (χ2n) is 2.43. The van der Waals surface area contributed by atoms with Crippen LogP contribution in [0.15, 0.2) is 22.2 Å². The molecule has 7 heteroatoms. The number of anilines is 2. The average Bonchev–Trinajstić information content (AvgIpc) is 2.62. The Kier molecular flexibility index (Phi) is 1.85. The quantitative estimate of drug-likeness (QED) is 0.557. The van der Waals surface area contributed by atoms with Gasteiger partial charge in [-0.15, -0.1) is 0 Å². The van der Waals surface area contributed by atoms with E-state index in [0.29, 0.717) is 11.6 Å². The largest absolute Gasteiger partial charge is 0.384 e. The van der Waals surface area contributed by atoms with Crippen molar-refractivity contribution < 1.29 is 0 Å². The van der Waals surface area contributed by atoms with Crippen molar-refractivity contribution in [3.63, 3.8) is 0 Å². The second-order valence-corrected chi connectivity index (χ2v) is 3.47. The molecule has 0 radical (unpaired) electrons. The first-order valence-electron chi connectivity index (χ1n) is 3.53. The topological polar surface area (TPSA) is 109 Å². The number of hydrogen-bond donors (Lipinski definition) is 4. The van der Waals surface area contributed by atoms with Crippen LogP contribution in [0, 0.1) is 0 Å². The van der Waals surface area contributed by atoms with Gasteiger partial charge in [-0.2, -0.15) is 10.2 Å². The Morgan fingerprint density at radius 1 is 1.00 bits per heavy atom. The zero-order valence-electron chi connectivity index (χ0n) is 6.61. The van der Waals surface area contributed by atoms with Crippen molar-refractivity contribution in [1.82, 2.24) is 20.4 Å². The van der Waals surface area contributed by atoms with Gasteiger partial charge in [0, 0.05) is 12.1 Å². The van der Waals surface area contributed by atoms with Gasteiger partial charge in [-0.1, -0.05) is 0 Å². The summed E-state index contributed by atoms with van der Waals surface area (Å²) in [5, 5.41) is 14.7. The van der Waals surface area contributed by atoms with Crippen LogP contribution < -0.4 is 11.5 Å². The minimum Gasteiger partial charge on any atom is -0.384 e. The molecule has 0 saturated carbocycles. The summed E-state index contributed by atoms with van der Waals surface area (Å²) < 4.78 is 0. The summed E-state index contributed by atoms with van der Waals surface area (Å²) in [5.74, 6) is 1.07. The normalized spacial score (nSPS) is 10.5. The molecule has 0 aliphatic heterocycles. The molecule has 0 aliphatic carbocycles. The van der Waals surface area contributed by atoms with Gasteiger partial charge >= 0.3 is 0 Å². The van der Waals surface area contributed by atoms with E-state index in [1.807, 2.05) is 0 Å². The molecule has 0 spiro atoms. The van der Waals surface area contributed by atoms with Crippen LogP contribution >= 0.6 is 11.8 Å². The van der Waals surface area contributed by atoms with Crippen molar-refractivity contribution in [1.29, 1.82) is 0 Å². The lowest BCUT2D eigenvalue weighted by atomic mass is 10.7. The van der Waals surface area contributed by atoms with E-state index in [2.05, 4.69) is 20.4 Å². The molecule has 0 amide bonds. The summed E-state index contributed by atoms with van der Waals surface area (Å²) in [6.07, 6.45) is 0. The van der Waals surface area contributed by atoms with Crippen molar-refractivity contribution in [2.75, 3.05) is 11.5 Å². The highest BCUT2D eigenvalue weighted by Gasteiger charge is 2.03. The molecule has 0 aliphatic rings. The number of H-pyrrole nitrogens is 2. The maximum absolute atomic E-state index is 5.45. The zero-order valence-corrected chi connectivity index (χ0v) is 7.43. The van der Waals surface area contributed by atoms with E-state index in [0.717, 1.165) is 10.1 Å². The minimum atomic E-state index is 0.533. The fourth-order valence-electron chi connectivity index (χ4n) is 0.846. The standard InChI is InChI=1S/C6H8N6S/c7-3-1-5(11-9-3)13-6-2-4(8)10-12-6/h1-2H,(H3,7,9,11)(H3,8,10,12). The van der Waals surface area contributed by atoms with Crippen LogP contribution in [0.5, 0.6) is 0 Å². The molecule has 2 heterocycles. The Labute approximate surface area is 78.1 Å². The number of nitrogens with one attached hydrogen (secondary N) is 2. The molecular formula is C6H8N6S. The number of nitrogens with zero attached hydrogens (tertiary/aromatic N) is 2. The van der Waals surface area contributed by atoms with Crippen LogP contribution in [0.3, 0.4) is 0 Å². The molecule has 0 aromatic carbocycles. The van der Waals surface area contributed by atoms with Crippen LogP contribution in [0.1, 0.15) is 0 Å². The van der Waals surface area contributed by atoms with E-state index in [9.17, 15) is 0 Å². The highest BCUT2D eigenvalue weighted by Crippen LogP contribution is 2.25. The zero-order chi connectivity index (χ0) is 9.26. The van der Waals surface area contributed by atoms with Crippen LogP contribution in [-0.4, -0.2) is 20.4 Å². The summed E-state index contributed by atoms with van der Waals surface area (Å²) >= 11 is 1.38. The van der Waals surface area contributed by atoms with E-state index in [1.54, 1.807) is 12.1 Å². The van der Waals surface area contributed by atoms with Crippen LogP contribution in [0.2, 0.25) is 0 Å². The van der Waals surface area contributed by atoms with E-state index in [4.69, 9.17) is 11.5 Å². The molecule has 6 nitrogen and oxygen atoms in total. The highest BCUT2D eigenvalue weighted by atomic mass is 32.2. The van der Waals surface area contributed by atoms with Crippen LogP contribution in [-0.2, 0) is 0 Å². The van der Waals surface area contributed by atoms with Gasteiger partial charge in [0.15, 0.2) is 0 Å². The van der Waals surface area contributed by atoms with E-state index >= 15 is 0 Å². The molecule has 2 aromatic heterocycles. The first-order valence-corrected chi connectivity index (χ1v) is 4.35. The molecule has 13 heavy (non-hydrogen) atoms. The molecule has 2 rings (SSSR count). The summed E-state index contributed by atoms with van der Waals surface area (Å²) in [7, 11) is 0. The lowest BCUT2D eigenvalue weighted by molar-refractivity contribution is 0.983. The molecule has 68 valence electrons. The molecule has 6 N–H and O–H groups in total. The molecule has 0 bridgehead atoms. The molecule has 0 atom stereocenters. The van der Waals surface area contributed by atoms with Crippen molar-refractivity contribution in [2.24, 2.45) is 0 Å². The maximum atomic E-state index is 5.45. The van der Waals surface area contributed by atoms with E-state index in [1.165, 1.54) is 11.8 Å². The van der Waals surface area contributed by atoms with Gasteiger partial charge in [0.25, 0.3) is 0 Å². The lowest BCUT2D eigenvalue weighted by Gasteiger charge is -1.87. The van der Waals surface area contributed by atoms with Gasteiger partial charge in [-0.25, -0.2) is 0 Å². The first kappa shape index (κ1) is 7.99. The number of aromatic amines is 2. The van der Waals surface area contributed by atoms with Gasteiger partial charge in [-0.05, 0) is 11.8 Å². The molecule has 0 unspecified atom stereocenters. The number of nitrogen functional groups attached to an aromatic ring is 2. The van der Waals surface area contributed by atoms with Crippen molar-refractivity contribution in [2.45, 2.75) is 10.1 Å². The highest BCUT2D eigenvalue weighted by molar-refractivity contribution is 7.99. The molecular weight excluding hydrogens is 188 g/mol. The second kappa shape index (κ2) is 3.02. The third-order valence-electron chi connectivity index (χ3n) is 1.36. The Balaban J connectivity index is 2.14.